The summed E-state index contributed by atoms with van der Waals surface area (Å²) < 4.78 is 49.3. The summed E-state index contributed by atoms with van der Waals surface area (Å²) in [7, 11) is 1.44. The number of ether oxygens (including phenoxy) is 5. The van der Waals surface area contributed by atoms with Gasteiger partial charge in [-0.1, -0.05) is 72.8 Å². The number of aryl methyl sites for hydroxylation is 1. The van der Waals surface area contributed by atoms with Gasteiger partial charge in [-0.3, -0.25) is 9.36 Å². The zero-order valence-electron chi connectivity index (χ0n) is 36.6. The maximum atomic E-state index is 14.1. The maximum Gasteiger partial charge on any atom is 0.351 e. The van der Waals surface area contributed by atoms with Gasteiger partial charge in [0.05, 0.1) is 46.5 Å². The Morgan fingerprint density at radius 2 is 1.49 bits per heavy atom. The smallest absolute Gasteiger partial charge is 0.351 e. The molecule has 4 aromatic carbocycles. The number of nitrogens with one attached hydrogen (secondary N) is 1. The second kappa shape index (κ2) is 19.9. The van der Waals surface area contributed by atoms with Crippen LogP contribution in [0.1, 0.15) is 73.0 Å². The van der Waals surface area contributed by atoms with Gasteiger partial charge >= 0.3 is 5.69 Å². The average Bonchev–Trinajstić information content (AvgIpc) is 3.79. The maximum absolute atomic E-state index is 14.1. The Morgan fingerprint density at radius 3 is 2.05 bits per heavy atom. The minimum Gasteiger partial charge on any atom is -0.497 e. The SMILES string of the molecule is COc1ccc(C(OC[C@@]23COC(C(n4cc(C)c(NC(=O)c5ccccc5)nc4=O)O2)C3OP(OCCC#N)N(C(C)C)C(C)C)(c2ccccc2)c2ccc(OC)cc2)cc1. The third kappa shape index (κ3) is 9.42. The van der Waals surface area contributed by atoms with Crippen molar-refractivity contribution in [2.45, 2.75) is 82.8 Å². The zero-order chi connectivity index (χ0) is 44.7. The fourth-order valence-corrected chi connectivity index (χ4v) is 10.0. The summed E-state index contributed by atoms with van der Waals surface area (Å²) in [4.78, 5) is 31.5. The van der Waals surface area contributed by atoms with Crippen molar-refractivity contribution in [2.75, 3.05) is 39.4 Å². The molecule has 0 aliphatic carbocycles. The highest BCUT2D eigenvalue weighted by Gasteiger charge is 2.65. The zero-order valence-corrected chi connectivity index (χ0v) is 37.5. The first-order valence-electron chi connectivity index (χ1n) is 20.9. The molecule has 0 spiro atoms. The Kier molecular flexibility index (Phi) is 14.4. The molecule has 1 N–H and O–H groups in total. The molecular formula is C48H54N5O9P. The molecule has 0 saturated carbocycles. The van der Waals surface area contributed by atoms with E-state index in [9.17, 15) is 14.9 Å². The molecule has 7 rings (SSSR count). The van der Waals surface area contributed by atoms with E-state index >= 15 is 0 Å². The summed E-state index contributed by atoms with van der Waals surface area (Å²) in [5.74, 6) is 1.10. The van der Waals surface area contributed by atoms with Gasteiger partial charge in [-0.15, -0.1) is 0 Å². The standard InChI is InChI=1S/C48H54N5O9P/c1-32(2)53(33(3)4)63(60-28-14-27-49)62-42-41-45(52-29-34(5)43(51-46(52)55)50-44(54)35-15-10-8-11-16-35)61-47(42,30-58-41)31-59-48(36-17-12-9-13-18-36,37-19-23-39(56-6)24-20-37)38-21-25-40(57-7)26-22-38/h8-13,15-26,29,32-33,41-42,45H,14,28,30-31H2,1-7H3,(H,50,51,54,55)/t41?,42?,45?,47-,63?/m1/s1. The highest BCUT2D eigenvalue weighted by molar-refractivity contribution is 7.44. The molecular weight excluding hydrogens is 822 g/mol. The lowest BCUT2D eigenvalue weighted by molar-refractivity contribution is -0.203. The van der Waals surface area contributed by atoms with Gasteiger partial charge in [0, 0.05) is 29.4 Å². The molecule has 1 aromatic heterocycles. The Hall–Kier alpha value is -5.49. The molecule has 2 saturated heterocycles. The van der Waals surface area contributed by atoms with Crippen molar-refractivity contribution in [1.29, 1.82) is 5.26 Å². The van der Waals surface area contributed by atoms with Crippen LogP contribution in [0.2, 0.25) is 0 Å². The molecule has 2 bridgehead atoms. The molecule has 2 aliphatic heterocycles. The number of carbonyl (C=O) groups is 1. The van der Waals surface area contributed by atoms with Gasteiger partial charge in [-0.2, -0.15) is 10.2 Å². The third-order valence-corrected chi connectivity index (χ3v) is 13.3. The first-order chi connectivity index (χ1) is 30.4. The lowest BCUT2D eigenvalue weighted by Crippen LogP contribution is -2.49. The van der Waals surface area contributed by atoms with E-state index < -0.39 is 49.8 Å². The first-order valence-corrected chi connectivity index (χ1v) is 22.1. The number of nitriles is 1. The molecule has 15 heteroatoms. The molecule has 0 radical (unpaired) electrons. The molecule has 14 nitrogen and oxygen atoms in total. The molecule has 5 atom stereocenters. The van der Waals surface area contributed by atoms with Gasteiger partial charge in [-0.05, 0) is 87.7 Å². The second-order valence-electron chi connectivity index (χ2n) is 16.0. The lowest BCUT2D eigenvalue weighted by atomic mass is 9.79. The van der Waals surface area contributed by atoms with Gasteiger partial charge in [0.25, 0.3) is 14.4 Å². The number of hydrogen-bond donors (Lipinski definition) is 1. The van der Waals surface area contributed by atoms with E-state index in [2.05, 4.69) is 48.7 Å². The first kappa shape index (κ1) is 45.5. The Bertz CT molecular complexity index is 2360. The Morgan fingerprint density at radius 1 is 0.921 bits per heavy atom. The van der Waals surface area contributed by atoms with E-state index in [-0.39, 0.29) is 44.1 Å². The van der Waals surface area contributed by atoms with E-state index in [1.807, 2.05) is 84.9 Å². The van der Waals surface area contributed by atoms with Crippen LogP contribution >= 0.6 is 8.53 Å². The predicted molar refractivity (Wildman–Crippen MR) is 239 cm³/mol. The average molecular weight is 876 g/mol. The number of aromatic nitrogens is 2. The van der Waals surface area contributed by atoms with E-state index in [0.717, 1.165) is 16.7 Å². The fourth-order valence-electron chi connectivity index (χ4n) is 8.22. The van der Waals surface area contributed by atoms with E-state index in [1.54, 1.807) is 51.6 Å². The molecule has 1 amide bonds. The minimum absolute atomic E-state index is 0.00562. The van der Waals surface area contributed by atoms with Crippen molar-refractivity contribution in [3.05, 3.63) is 154 Å². The number of nitrogens with zero attached hydrogens (tertiary/aromatic N) is 4. The van der Waals surface area contributed by atoms with Crippen molar-refractivity contribution >= 4 is 20.3 Å². The van der Waals surface area contributed by atoms with E-state index in [4.69, 9.17) is 32.7 Å². The summed E-state index contributed by atoms with van der Waals surface area (Å²) in [6.45, 7) is 10.1. The topological polar surface area (TPSA) is 156 Å². The van der Waals surface area contributed by atoms with Gasteiger partial charge < -0.3 is 38.0 Å². The Balaban J connectivity index is 1.33. The van der Waals surface area contributed by atoms with Crippen molar-refractivity contribution in [3.8, 4) is 17.6 Å². The number of anilines is 1. The van der Waals surface area contributed by atoms with Gasteiger partial charge in [0.15, 0.2) is 6.23 Å². The van der Waals surface area contributed by atoms with Crippen LogP contribution in [0.25, 0.3) is 0 Å². The quantitative estimate of drug-likeness (QED) is 0.0484. The number of benzene rings is 4. The van der Waals surface area contributed by atoms with Gasteiger partial charge in [0.2, 0.25) is 0 Å². The minimum atomic E-state index is -1.80. The largest absolute Gasteiger partial charge is 0.497 e. The number of fused-ring (bicyclic) bond motifs is 2. The third-order valence-electron chi connectivity index (χ3n) is 11.2. The Labute approximate surface area is 369 Å². The predicted octanol–water partition coefficient (Wildman–Crippen LogP) is 8.16. The number of methoxy groups -OCH3 is 2. The van der Waals surface area contributed by atoms with Crippen molar-refractivity contribution < 1.29 is 37.5 Å². The summed E-state index contributed by atoms with van der Waals surface area (Å²) >= 11 is 0. The number of hydrogen-bond acceptors (Lipinski definition) is 12. The van der Waals surface area contributed by atoms with E-state index in [1.165, 1.54) is 4.57 Å². The van der Waals surface area contributed by atoms with Crippen molar-refractivity contribution in [3.63, 3.8) is 0 Å². The van der Waals surface area contributed by atoms with Crippen LogP contribution in [-0.2, 0) is 28.9 Å². The molecule has 4 unspecified atom stereocenters. The normalized spacial score (nSPS) is 19.9. The number of carbonyl (C=O) groups excluding carboxylic acids is 1. The monoisotopic (exact) mass is 875 g/mol. The summed E-state index contributed by atoms with van der Waals surface area (Å²) in [5, 5.41) is 12.2. The molecule has 330 valence electrons. The van der Waals surface area contributed by atoms with Crippen LogP contribution in [-0.4, -0.2) is 84.1 Å². The van der Waals surface area contributed by atoms with Crippen LogP contribution in [0.15, 0.2) is 120 Å². The summed E-state index contributed by atoms with van der Waals surface area (Å²) in [5.41, 5.74) is 0.248. The highest BCUT2D eigenvalue weighted by atomic mass is 31.2. The molecule has 5 aromatic rings. The fraction of sp³-hybridized carbons (Fsp3) is 0.375. The number of rotatable bonds is 19. The van der Waals surface area contributed by atoms with Gasteiger partial charge in [-0.25, -0.2) is 9.46 Å². The molecule has 2 fully saturated rings. The van der Waals surface area contributed by atoms with Crippen LogP contribution in [0.5, 0.6) is 11.5 Å². The van der Waals surface area contributed by atoms with Crippen LogP contribution in [0.3, 0.4) is 0 Å². The van der Waals surface area contributed by atoms with Crippen molar-refractivity contribution in [2.24, 2.45) is 0 Å². The molecule has 63 heavy (non-hydrogen) atoms. The molecule has 3 heterocycles. The lowest BCUT2D eigenvalue weighted by Gasteiger charge is -2.41. The van der Waals surface area contributed by atoms with Gasteiger partial charge in [0.1, 0.15) is 40.7 Å². The van der Waals surface area contributed by atoms with Crippen molar-refractivity contribution in [1.82, 2.24) is 14.2 Å². The van der Waals surface area contributed by atoms with Crippen LogP contribution in [0, 0.1) is 18.3 Å². The summed E-state index contributed by atoms with van der Waals surface area (Å²) in [6.07, 6.45) is -0.890. The summed E-state index contributed by atoms with van der Waals surface area (Å²) in [6, 6.07) is 36.3. The van der Waals surface area contributed by atoms with Crippen LogP contribution < -0.4 is 20.5 Å². The molecule has 2 aliphatic rings. The number of amides is 1. The van der Waals surface area contributed by atoms with E-state index in [0.29, 0.717) is 22.6 Å². The second-order valence-corrected chi connectivity index (χ2v) is 17.4. The highest BCUT2D eigenvalue weighted by Crippen LogP contribution is 2.56. The van der Waals surface area contributed by atoms with Crippen LogP contribution in [0.4, 0.5) is 5.82 Å².